The van der Waals surface area contributed by atoms with E-state index in [0.29, 0.717) is 12.5 Å². The fourth-order valence-corrected chi connectivity index (χ4v) is 3.06. The number of benzene rings is 1. The number of nitrogens with one attached hydrogen (secondary N) is 3. The van der Waals surface area contributed by atoms with Gasteiger partial charge in [-0.25, -0.2) is 4.39 Å². The molecule has 1 heterocycles. The number of amides is 1. The zero-order chi connectivity index (χ0) is 17.4. The first kappa shape index (κ1) is 21.8. The molecule has 1 aromatic rings. The minimum Gasteiger partial charge on any atom is -0.346 e. The molecule has 142 valence electrons. The number of hydrazine groups is 1. The van der Waals surface area contributed by atoms with Gasteiger partial charge in [0.2, 0.25) is 5.91 Å². The molecule has 0 aliphatic carbocycles. The molecule has 1 aliphatic heterocycles. The van der Waals surface area contributed by atoms with Gasteiger partial charge in [-0.2, -0.15) is 0 Å². The van der Waals surface area contributed by atoms with Crippen molar-refractivity contribution in [3.8, 4) is 0 Å². The van der Waals surface area contributed by atoms with Crippen LogP contribution >= 0.6 is 12.4 Å². The molecule has 2 rings (SSSR count). The summed E-state index contributed by atoms with van der Waals surface area (Å²) in [7, 11) is 3.77. The number of nitrogens with zero attached hydrogens (tertiary/aromatic N) is 1. The molecular weight excluding hydrogens is 343 g/mol. The molecule has 0 spiro atoms. The molecular formula is C18H30ClFN4O. The van der Waals surface area contributed by atoms with Gasteiger partial charge in [-0.1, -0.05) is 12.1 Å². The van der Waals surface area contributed by atoms with Crippen LogP contribution in [0.25, 0.3) is 0 Å². The second-order valence-electron chi connectivity index (χ2n) is 6.49. The number of carbonyl (C=O) groups excluding carboxylic acids is 1. The van der Waals surface area contributed by atoms with Crippen LogP contribution in [0.2, 0.25) is 0 Å². The molecule has 1 amide bonds. The minimum absolute atomic E-state index is 0. The molecule has 1 saturated heterocycles. The molecule has 2 atom stereocenters. The number of rotatable bonds is 9. The third-order valence-electron chi connectivity index (χ3n) is 4.52. The van der Waals surface area contributed by atoms with E-state index >= 15 is 0 Å². The standard InChI is InChI=1S/C18H29FN4O.ClH/c1-20-10-4-9-18(24)23(2)11-5-8-16-13-17(22-21-16)14-6-3-7-15(19)12-14;/h3,6-7,12,16-17,20-22H,4-5,8-11,13H2,1-2H3;1H. The Bertz CT molecular complexity index is 532. The lowest BCUT2D eigenvalue weighted by molar-refractivity contribution is -0.130. The SMILES string of the molecule is CNCCCC(=O)N(C)CCCC1CC(c2cccc(F)c2)NN1.Cl. The highest BCUT2D eigenvalue weighted by molar-refractivity contribution is 5.85. The lowest BCUT2D eigenvalue weighted by Crippen LogP contribution is -2.32. The van der Waals surface area contributed by atoms with Gasteiger partial charge in [-0.05, 0) is 57.0 Å². The lowest BCUT2D eigenvalue weighted by atomic mass is 9.99. The van der Waals surface area contributed by atoms with Crippen LogP contribution in [0.1, 0.15) is 43.7 Å². The largest absolute Gasteiger partial charge is 0.346 e. The first-order valence-electron chi connectivity index (χ1n) is 8.75. The van der Waals surface area contributed by atoms with Crippen molar-refractivity contribution in [2.45, 2.75) is 44.2 Å². The summed E-state index contributed by atoms with van der Waals surface area (Å²) in [6.45, 7) is 1.65. The molecule has 5 nitrogen and oxygen atoms in total. The van der Waals surface area contributed by atoms with Crippen molar-refractivity contribution in [1.29, 1.82) is 0 Å². The highest BCUT2D eigenvalue weighted by Crippen LogP contribution is 2.24. The highest BCUT2D eigenvalue weighted by atomic mass is 35.5. The van der Waals surface area contributed by atoms with E-state index in [1.54, 1.807) is 12.1 Å². The molecule has 1 fully saturated rings. The maximum atomic E-state index is 13.3. The predicted molar refractivity (Wildman–Crippen MR) is 101 cm³/mol. The summed E-state index contributed by atoms with van der Waals surface area (Å²) in [6.07, 6.45) is 4.37. The molecule has 0 bridgehead atoms. The summed E-state index contributed by atoms with van der Waals surface area (Å²) in [5.41, 5.74) is 7.50. The second-order valence-corrected chi connectivity index (χ2v) is 6.49. The van der Waals surface area contributed by atoms with Crippen molar-refractivity contribution in [2.24, 2.45) is 0 Å². The van der Waals surface area contributed by atoms with E-state index in [1.165, 1.54) is 6.07 Å². The van der Waals surface area contributed by atoms with Crippen molar-refractivity contribution in [3.63, 3.8) is 0 Å². The first-order valence-corrected chi connectivity index (χ1v) is 8.75. The molecule has 0 saturated carbocycles. The Balaban J connectivity index is 0.00000312. The van der Waals surface area contributed by atoms with Crippen LogP contribution in [0, 0.1) is 5.82 Å². The number of carbonyl (C=O) groups is 1. The third-order valence-corrected chi connectivity index (χ3v) is 4.52. The summed E-state index contributed by atoms with van der Waals surface area (Å²) in [5.74, 6) is 0.0107. The average molecular weight is 373 g/mol. The van der Waals surface area contributed by atoms with Gasteiger partial charge in [-0.15, -0.1) is 12.4 Å². The first-order chi connectivity index (χ1) is 11.6. The Morgan fingerprint density at radius 1 is 1.36 bits per heavy atom. The van der Waals surface area contributed by atoms with Crippen LogP contribution in [-0.4, -0.2) is 44.0 Å². The van der Waals surface area contributed by atoms with E-state index in [-0.39, 0.29) is 30.2 Å². The Labute approximate surface area is 156 Å². The molecule has 0 aromatic heterocycles. The van der Waals surface area contributed by atoms with Crippen LogP contribution < -0.4 is 16.2 Å². The molecule has 0 radical (unpaired) electrons. The van der Waals surface area contributed by atoms with Gasteiger partial charge >= 0.3 is 0 Å². The smallest absolute Gasteiger partial charge is 0.222 e. The maximum Gasteiger partial charge on any atom is 0.222 e. The topological polar surface area (TPSA) is 56.4 Å². The van der Waals surface area contributed by atoms with E-state index in [4.69, 9.17) is 0 Å². The Morgan fingerprint density at radius 3 is 2.88 bits per heavy atom. The van der Waals surface area contributed by atoms with Gasteiger partial charge in [0.05, 0.1) is 0 Å². The number of hydrogen-bond donors (Lipinski definition) is 3. The molecule has 3 N–H and O–H groups in total. The number of halogens is 2. The van der Waals surface area contributed by atoms with Gasteiger partial charge in [0.1, 0.15) is 5.82 Å². The van der Waals surface area contributed by atoms with E-state index < -0.39 is 0 Å². The van der Waals surface area contributed by atoms with Crippen molar-refractivity contribution >= 4 is 18.3 Å². The fraction of sp³-hybridized carbons (Fsp3) is 0.611. The Kier molecular flexibility index (Phi) is 9.97. The lowest BCUT2D eigenvalue weighted by Gasteiger charge is -2.18. The normalized spacial score (nSPS) is 19.5. The Hall–Kier alpha value is -1.21. The third kappa shape index (κ3) is 7.28. The van der Waals surface area contributed by atoms with Crippen molar-refractivity contribution in [1.82, 2.24) is 21.1 Å². The summed E-state index contributed by atoms with van der Waals surface area (Å²) >= 11 is 0. The van der Waals surface area contributed by atoms with Crippen LogP contribution in [0.15, 0.2) is 24.3 Å². The zero-order valence-corrected chi connectivity index (χ0v) is 15.9. The van der Waals surface area contributed by atoms with E-state index in [9.17, 15) is 9.18 Å². The van der Waals surface area contributed by atoms with E-state index in [1.807, 2.05) is 25.1 Å². The second kappa shape index (κ2) is 11.4. The molecule has 2 unspecified atom stereocenters. The summed E-state index contributed by atoms with van der Waals surface area (Å²) in [4.78, 5) is 13.8. The van der Waals surface area contributed by atoms with Gasteiger partial charge in [0.15, 0.2) is 0 Å². The van der Waals surface area contributed by atoms with Crippen molar-refractivity contribution in [2.75, 3.05) is 27.2 Å². The van der Waals surface area contributed by atoms with Crippen molar-refractivity contribution < 1.29 is 9.18 Å². The molecule has 1 aliphatic rings. The highest BCUT2D eigenvalue weighted by Gasteiger charge is 2.24. The van der Waals surface area contributed by atoms with Gasteiger partial charge in [0.25, 0.3) is 0 Å². The Morgan fingerprint density at radius 2 is 2.16 bits per heavy atom. The molecule has 25 heavy (non-hydrogen) atoms. The van der Waals surface area contributed by atoms with Gasteiger partial charge < -0.3 is 10.2 Å². The van der Waals surface area contributed by atoms with Crippen LogP contribution in [-0.2, 0) is 4.79 Å². The van der Waals surface area contributed by atoms with Crippen LogP contribution in [0.4, 0.5) is 4.39 Å². The van der Waals surface area contributed by atoms with E-state index in [0.717, 1.165) is 44.3 Å². The van der Waals surface area contributed by atoms with Gasteiger partial charge in [-0.3, -0.25) is 15.6 Å². The van der Waals surface area contributed by atoms with Crippen LogP contribution in [0.3, 0.4) is 0 Å². The predicted octanol–water partition coefficient (Wildman–Crippen LogP) is 2.39. The summed E-state index contributed by atoms with van der Waals surface area (Å²) in [5, 5.41) is 3.05. The summed E-state index contributed by atoms with van der Waals surface area (Å²) in [6, 6.07) is 7.24. The minimum atomic E-state index is -0.198. The number of hydrogen-bond acceptors (Lipinski definition) is 4. The molecule has 1 aromatic carbocycles. The average Bonchev–Trinajstić information content (AvgIpc) is 3.04. The maximum absolute atomic E-state index is 13.3. The van der Waals surface area contributed by atoms with Crippen molar-refractivity contribution in [3.05, 3.63) is 35.6 Å². The van der Waals surface area contributed by atoms with Gasteiger partial charge in [0, 0.05) is 32.1 Å². The van der Waals surface area contributed by atoms with Crippen LogP contribution in [0.5, 0.6) is 0 Å². The zero-order valence-electron chi connectivity index (χ0n) is 15.1. The van der Waals surface area contributed by atoms with E-state index in [2.05, 4.69) is 16.2 Å². The summed E-state index contributed by atoms with van der Waals surface area (Å²) < 4.78 is 13.3. The fourth-order valence-electron chi connectivity index (χ4n) is 3.06. The molecule has 7 heteroatoms. The quantitative estimate of drug-likeness (QED) is 0.583. The monoisotopic (exact) mass is 372 g/mol.